The average molecular weight is 236 g/mol. The van der Waals surface area contributed by atoms with Gasteiger partial charge >= 0.3 is 0 Å². The molecule has 4 nitrogen and oxygen atoms in total. The number of aryl methyl sites for hydroxylation is 1. The minimum Gasteiger partial charge on any atom is -0.333 e. The summed E-state index contributed by atoms with van der Waals surface area (Å²) in [5.74, 6) is 0. The zero-order valence-electron chi connectivity index (χ0n) is 10.9. The average Bonchev–Trinajstić information content (AvgIpc) is 2.78. The van der Waals surface area contributed by atoms with Crippen molar-refractivity contribution in [2.24, 2.45) is 5.73 Å². The first-order valence-electron chi connectivity index (χ1n) is 6.38. The molecular formula is C13H24N4. The molecule has 4 heteroatoms. The number of allylic oxidation sites excluding steroid dienone is 1. The van der Waals surface area contributed by atoms with Crippen LogP contribution in [0.2, 0.25) is 0 Å². The van der Waals surface area contributed by atoms with Crippen LogP contribution in [0.1, 0.15) is 38.4 Å². The maximum Gasteiger partial charge on any atom is 0.0948 e. The molecule has 1 heterocycles. The Kier molecular flexibility index (Phi) is 6.58. The van der Waals surface area contributed by atoms with E-state index in [2.05, 4.69) is 33.9 Å². The van der Waals surface area contributed by atoms with Crippen molar-refractivity contribution < 1.29 is 0 Å². The van der Waals surface area contributed by atoms with Crippen LogP contribution in [0.4, 0.5) is 0 Å². The quantitative estimate of drug-likeness (QED) is 0.535. The summed E-state index contributed by atoms with van der Waals surface area (Å²) in [6, 6.07) is 0.203. The second-order valence-corrected chi connectivity index (χ2v) is 4.11. The third-order valence-corrected chi connectivity index (χ3v) is 2.74. The lowest BCUT2D eigenvalue weighted by molar-refractivity contribution is 0.503. The topological polar surface area (TPSA) is 55.9 Å². The van der Waals surface area contributed by atoms with Gasteiger partial charge in [-0.15, -0.1) is 0 Å². The van der Waals surface area contributed by atoms with E-state index < -0.39 is 0 Å². The summed E-state index contributed by atoms with van der Waals surface area (Å²) in [7, 11) is 0. The maximum atomic E-state index is 5.82. The molecule has 1 rings (SSSR count). The van der Waals surface area contributed by atoms with Crippen LogP contribution in [0.15, 0.2) is 24.7 Å². The normalized spacial score (nSPS) is 13.4. The van der Waals surface area contributed by atoms with E-state index in [1.54, 1.807) is 0 Å². The van der Waals surface area contributed by atoms with Crippen molar-refractivity contribution in [3.05, 3.63) is 30.4 Å². The minimum absolute atomic E-state index is 0.203. The Morgan fingerprint density at radius 2 is 2.41 bits per heavy atom. The molecule has 1 atom stereocenters. The Balaban J connectivity index is 2.55. The number of nitrogens with zero attached hydrogens (tertiary/aromatic N) is 2. The second kappa shape index (κ2) is 8.03. The Labute approximate surface area is 104 Å². The minimum atomic E-state index is 0.203. The number of aromatic nitrogens is 2. The Morgan fingerprint density at radius 3 is 3.06 bits per heavy atom. The smallest absolute Gasteiger partial charge is 0.0948 e. The molecule has 0 amide bonds. The van der Waals surface area contributed by atoms with Crippen LogP contribution >= 0.6 is 0 Å². The van der Waals surface area contributed by atoms with Crippen LogP contribution in [0.5, 0.6) is 0 Å². The van der Waals surface area contributed by atoms with Gasteiger partial charge in [-0.3, -0.25) is 0 Å². The van der Waals surface area contributed by atoms with Gasteiger partial charge in [0.1, 0.15) is 0 Å². The summed E-state index contributed by atoms with van der Waals surface area (Å²) in [5.41, 5.74) is 7.01. The number of rotatable bonds is 8. The number of nitrogens with one attached hydrogen (secondary N) is 1. The molecule has 0 aliphatic carbocycles. The number of imidazole rings is 1. The molecule has 0 radical (unpaired) electrons. The standard InChI is InChI=1S/C13H24N4/c1-3-5-6-7-16-12(9-14)13-10-15-11-17(13)8-4-2/h3,5,10-12,16H,4,6-9,14H2,1-2H3/b5-3+. The van der Waals surface area contributed by atoms with Crippen molar-refractivity contribution in [3.8, 4) is 0 Å². The molecule has 0 spiro atoms. The van der Waals surface area contributed by atoms with Gasteiger partial charge in [0, 0.05) is 19.3 Å². The molecule has 1 aromatic heterocycles. The van der Waals surface area contributed by atoms with E-state index in [0.717, 1.165) is 25.9 Å². The number of hydrogen-bond donors (Lipinski definition) is 2. The van der Waals surface area contributed by atoms with Gasteiger partial charge in [-0.25, -0.2) is 4.98 Å². The molecule has 1 unspecified atom stereocenters. The molecule has 0 saturated carbocycles. The molecule has 1 aromatic rings. The molecule has 0 aliphatic rings. The molecule has 0 bridgehead atoms. The van der Waals surface area contributed by atoms with Crippen molar-refractivity contribution in [1.29, 1.82) is 0 Å². The first kappa shape index (κ1) is 13.9. The lowest BCUT2D eigenvalue weighted by atomic mass is 10.2. The third-order valence-electron chi connectivity index (χ3n) is 2.74. The van der Waals surface area contributed by atoms with Crippen molar-refractivity contribution in [2.45, 2.75) is 39.3 Å². The highest BCUT2D eigenvalue weighted by Gasteiger charge is 2.12. The van der Waals surface area contributed by atoms with Crippen LogP contribution in [-0.2, 0) is 6.54 Å². The highest BCUT2D eigenvalue weighted by molar-refractivity contribution is 5.06. The van der Waals surface area contributed by atoms with Crippen molar-refractivity contribution in [1.82, 2.24) is 14.9 Å². The van der Waals surface area contributed by atoms with Crippen LogP contribution in [0.3, 0.4) is 0 Å². The summed E-state index contributed by atoms with van der Waals surface area (Å²) in [4.78, 5) is 4.21. The van der Waals surface area contributed by atoms with Gasteiger partial charge in [0.05, 0.1) is 18.1 Å². The van der Waals surface area contributed by atoms with Gasteiger partial charge < -0.3 is 15.6 Å². The monoisotopic (exact) mass is 236 g/mol. The summed E-state index contributed by atoms with van der Waals surface area (Å²) < 4.78 is 2.18. The van der Waals surface area contributed by atoms with Gasteiger partial charge in [-0.2, -0.15) is 0 Å². The van der Waals surface area contributed by atoms with E-state index in [1.807, 2.05) is 19.4 Å². The lowest BCUT2D eigenvalue weighted by Crippen LogP contribution is -2.30. The predicted molar refractivity (Wildman–Crippen MR) is 71.7 cm³/mol. The van der Waals surface area contributed by atoms with E-state index in [0.29, 0.717) is 6.54 Å². The first-order chi connectivity index (χ1) is 8.33. The zero-order chi connectivity index (χ0) is 12.5. The van der Waals surface area contributed by atoms with Gasteiger partial charge in [-0.05, 0) is 26.3 Å². The highest BCUT2D eigenvalue weighted by Crippen LogP contribution is 2.11. The maximum absolute atomic E-state index is 5.82. The molecule has 0 aromatic carbocycles. The van der Waals surface area contributed by atoms with Crippen molar-refractivity contribution >= 4 is 0 Å². The highest BCUT2D eigenvalue weighted by atomic mass is 15.1. The predicted octanol–water partition coefficient (Wildman–Crippen LogP) is 1.85. The molecule has 96 valence electrons. The van der Waals surface area contributed by atoms with Gasteiger partial charge in [0.2, 0.25) is 0 Å². The summed E-state index contributed by atoms with van der Waals surface area (Å²) >= 11 is 0. The summed E-state index contributed by atoms with van der Waals surface area (Å²) in [6.45, 7) is 6.76. The second-order valence-electron chi connectivity index (χ2n) is 4.11. The number of hydrogen-bond acceptors (Lipinski definition) is 3. The summed E-state index contributed by atoms with van der Waals surface area (Å²) in [5, 5.41) is 3.47. The SMILES string of the molecule is C/C=C/CCNC(CN)c1cncn1CCC. The fourth-order valence-electron chi connectivity index (χ4n) is 1.87. The fraction of sp³-hybridized carbons (Fsp3) is 0.615. The molecule has 0 aliphatic heterocycles. The van der Waals surface area contributed by atoms with Crippen LogP contribution in [0.25, 0.3) is 0 Å². The van der Waals surface area contributed by atoms with Crippen molar-refractivity contribution in [2.75, 3.05) is 13.1 Å². The third kappa shape index (κ3) is 4.32. The Hall–Kier alpha value is -1.13. The largest absolute Gasteiger partial charge is 0.333 e. The van der Waals surface area contributed by atoms with Gasteiger partial charge in [-0.1, -0.05) is 19.1 Å². The van der Waals surface area contributed by atoms with E-state index in [4.69, 9.17) is 5.73 Å². The van der Waals surface area contributed by atoms with E-state index in [9.17, 15) is 0 Å². The number of nitrogens with two attached hydrogens (primary N) is 1. The van der Waals surface area contributed by atoms with Crippen LogP contribution < -0.4 is 11.1 Å². The first-order valence-corrected chi connectivity index (χ1v) is 6.38. The zero-order valence-corrected chi connectivity index (χ0v) is 10.9. The van der Waals surface area contributed by atoms with E-state index in [1.165, 1.54) is 5.69 Å². The van der Waals surface area contributed by atoms with Crippen LogP contribution in [-0.4, -0.2) is 22.6 Å². The molecule has 3 N–H and O–H groups in total. The summed E-state index contributed by atoms with van der Waals surface area (Å²) in [6.07, 6.45) is 10.2. The van der Waals surface area contributed by atoms with Gasteiger partial charge in [0.15, 0.2) is 0 Å². The molecule has 0 saturated heterocycles. The fourth-order valence-corrected chi connectivity index (χ4v) is 1.87. The van der Waals surface area contributed by atoms with E-state index >= 15 is 0 Å². The lowest BCUT2D eigenvalue weighted by Gasteiger charge is -2.18. The molecule has 0 fully saturated rings. The Morgan fingerprint density at radius 1 is 1.59 bits per heavy atom. The van der Waals surface area contributed by atoms with Crippen molar-refractivity contribution in [3.63, 3.8) is 0 Å². The van der Waals surface area contributed by atoms with Gasteiger partial charge in [0.25, 0.3) is 0 Å². The molecular weight excluding hydrogens is 212 g/mol. The van der Waals surface area contributed by atoms with E-state index in [-0.39, 0.29) is 6.04 Å². The Bertz CT molecular complexity index is 330. The van der Waals surface area contributed by atoms with Crippen LogP contribution in [0, 0.1) is 0 Å². The molecule has 17 heavy (non-hydrogen) atoms.